The highest BCUT2D eigenvalue weighted by Gasteiger charge is 2.34. The Morgan fingerprint density at radius 3 is 2.40 bits per heavy atom. The van der Waals surface area contributed by atoms with E-state index in [4.69, 9.17) is 4.74 Å². The minimum Gasteiger partial charge on any atom is -0.488 e. The van der Waals surface area contributed by atoms with Crippen molar-refractivity contribution in [2.75, 3.05) is 0 Å². The van der Waals surface area contributed by atoms with E-state index in [9.17, 15) is 0 Å². The topological polar surface area (TPSA) is 9.23 Å². The predicted molar refractivity (Wildman–Crippen MR) is 65.7 cm³/mol. The first-order valence-corrected chi connectivity index (χ1v) is 5.80. The quantitative estimate of drug-likeness (QED) is 0.356. The summed E-state index contributed by atoms with van der Waals surface area (Å²) in [6.45, 7) is 13.8. The molecule has 0 aromatic heterocycles. The Balaban J connectivity index is 2.55. The fraction of sp³-hybridized carbons (Fsp3) is 0.571. The van der Waals surface area contributed by atoms with E-state index in [0.29, 0.717) is 0 Å². The molecule has 0 N–H and O–H groups in total. The average Bonchev–Trinajstić information content (AvgIpc) is 2.67. The predicted octanol–water partition coefficient (Wildman–Crippen LogP) is 4.37. The Kier molecular flexibility index (Phi) is 4.19. The molecule has 1 heteroatoms. The van der Waals surface area contributed by atoms with Crippen molar-refractivity contribution in [3.8, 4) is 0 Å². The van der Waals surface area contributed by atoms with Gasteiger partial charge in [-0.1, -0.05) is 26.2 Å². The molecule has 0 spiro atoms. The summed E-state index contributed by atoms with van der Waals surface area (Å²) in [4.78, 5) is 0. The minimum atomic E-state index is 0.0429. The van der Waals surface area contributed by atoms with Crippen LogP contribution in [0.3, 0.4) is 0 Å². The van der Waals surface area contributed by atoms with Crippen molar-refractivity contribution >= 4 is 0 Å². The van der Waals surface area contributed by atoms with Crippen molar-refractivity contribution in [2.45, 2.75) is 51.0 Å². The molecule has 1 saturated carbocycles. The standard InChI is InChI=1S/C14H22O/c1-5-9-12(3)13(4)15-14(6-2)10-7-8-11-14/h5H,1,3-4,6-11H2,2H3. The van der Waals surface area contributed by atoms with Gasteiger partial charge in [0.2, 0.25) is 0 Å². The molecule has 0 saturated heterocycles. The summed E-state index contributed by atoms with van der Waals surface area (Å²) in [7, 11) is 0. The minimum absolute atomic E-state index is 0.0429. The zero-order valence-electron chi connectivity index (χ0n) is 9.85. The fourth-order valence-electron chi connectivity index (χ4n) is 2.17. The van der Waals surface area contributed by atoms with Gasteiger partial charge < -0.3 is 4.74 Å². The van der Waals surface area contributed by atoms with Gasteiger partial charge in [-0.05, 0) is 44.1 Å². The highest BCUT2D eigenvalue weighted by molar-refractivity contribution is 5.22. The summed E-state index contributed by atoms with van der Waals surface area (Å²) in [6, 6.07) is 0. The van der Waals surface area contributed by atoms with Crippen LogP contribution in [0.1, 0.15) is 45.4 Å². The van der Waals surface area contributed by atoms with Crippen LogP contribution in [0.25, 0.3) is 0 Å². The highest BCUT2D eigenvalue weighted by atomic mass is 16.5. The van der Waals surface area contributed by atoms with Gasteiger partial charge in [-0.25, -0.2) is 0 Å². The van der Waals surface area contributed by atoms with E-state index in [2.05, 4.69) is 26.7 Å². The maximum atomic E-state index is 6.02. The molecular formula is C14H22O. The maximum Gasteiger partial charge on any atom is 0.115 e. The Morgan fingerprint density at radius 2 is 1.93 bits per heavy atom. The Labute approximate surface area is 93.5 Å². The third-order valence-corrected chi connectivity index (χ3v) is 3.28. The van der Waals surface area contributed by atoms with Crippen LogP contribution in [0.5, 0.6) is 0 Å². The monoisotopic (exact) mass is 206 g/mol. The molecule has 0 radical (unpaired) electrons. The third-order valence-electron chi connectivity index (χ3n) is 3.28. The first-order valence-electron chi connectivity index (χ1n) is 5.80. The van der Waals surface area contributed by atoms with Crippen LogP contribution in [0, 0.1) is 0 Å². The van der Waals surface area contributed by atoms with Gasteiger partial charge in [-0.3, -0.25) is 0 Å². The number of hydrogen-bond acceptors (Lipinski definition) is 1. The van der Waals surface area contributed by atoms with E-state index in [-0.39, 0.29) is 5.60 Å². The van der Waals surface area contributed by atoms with Gasteiger partial charge in [-0.2, -0.15) is 0 Å². The summed E-state index contributed by atoms with van der Waals surface area (Å²) in [6.07, 6.45) is 8.52. The fourth-order valence-corrected chi connectivity index (χ4v) is 2.17. The Hall–Kier alpha value is -0.980. The zero-order valence-corrected chi connectivity index (χ0v) is 9.85. The van der Waals surface area contributed by atoms with Gasteiger partial charge in [0, 0.05) is 0 Å². The van der Waals surface area contributed by atoms with Crippen LogP contribution in [0.2, 0.25) is 0 Å². The lowest BCUT2D eigenvalue weighted by Gasteiger charge is -2.30. The number of rotatable bonds is 6. The van der Waals surface area contributed by atoms with Crippen LogP contribution in [0.4, 0.5) is 0 Å². The molecule has 0 unspecified atom stereocenters. The SMILES string of the molecule is C=CCC(=C)C(=C)OC1(CC)CCCC1. The van der Waals surface area contributed by atoms with Crippen molar-refractivity contribution in [3.05, 3.63) is 37.1 Å². The van der Waals surface area contributed by atoms with Crippen LogP contribution >= 0.6 is 0 Å². The van der Waals surface area contributed by atoms with Crippen molar-refractivity contribution in [1.82, 2.24) is 0 Å². The zero-order chi connectivity index (χ0) is 11.3. The van der Waals surface area contributed by atoms with Crippen molar-refractivity contribution in [3.63, 3.8) is 0 Å². The number of allylic oxidation sites excluding steroid dienone is 2. The number of hydrogen-bond donors (Lipinski definition) is 0. The summed E-state index contributed by atoms with van der Waals surface area (Å²) in [5.41, 5.74) is 0.992. The van der Waals surface area contributed by atoms with Crippen LogP contribution < -0.4 is 0 Å². The van der Waals surface area contributed by atoms with E-state index < -0.39 is 0 Å². The second-order valence-corrected chi connectivity index (χ2v) is 4.37. The molecule has 0 aromatic rings. The summed E-state index contributed by atoms with van der Waals surface area (Å²) in [5, 5.41) is 0. The van der Waals surface area contributed by atoms with E-state index in [1.807, 2.05) is 6.08 Å². The molecule has 84 valence electrons. The third kappa shape index (κ3) is 2.98. The van der Waals surface area contributed by atoms with Gasteiger partial charge in [0.1, 0.15) is 11.4 Å². The van der Waals surface area contributed by atoms with Crippen LogP contribution in [0.15, 0.2) is 37.1 Å². The van der Waals surface area contributed by atoms with E-state index in [0.717, 1.165) is 37.0 Å². The van der Waals surface area contributed by atoms with Gasteiger partial charge in [0.25, 0.3) is 0 Å². The van der Waals surface area contributed by atoms with E-state index in [1.165, 1.54) is 12.8 Å². The lowest BCUT2D eigenvalue weighted by atomic mass is 9.98. The van der Waals surface area contributed by atoms with E-state index in [1.54, 1.807) is 0 Å². The van der Waals surface area contributed by atoms with Crippen LogP contribution in [-0.4, -0.2) is 5.60 Å². The summed E-state index contributed by atoms with van der Waals surface area (Å²) >= 11 is 0. The summed E-state index contributed by atoms with van der Waals surface area (Å²) < 4.78 is 6.02. The molecule has 0 bridgehead atoms. The first-order chi connectivity index (χ1) is 7.13. The molecular weight excluding hydrogens is 184 g/mol. The molecule has 0 heterocycles. The average molecular weight is 206 g/mol. The second kappa shape index (κ2) is 5.20. The van der Waals surface area contributed by atoms with Gasteiger partial charge in [-0.15, -0.1) is 6.58 Å². The summed E-state index contributed by atoms with van der Waals surface area (Å²) in [5.74, 6) is 0.749. The largest absolute Gasteiger partial charge is 0.488 e. The lowest BCUT2D eigenvalue weighted by Crippen LogP contribution is -2.27. The molecule has 1 fully saturated rings. The van der Waals surface area contributed by atoms with E-state index >= 15 is 0 Å². The lowest BCUT2D eigenvalue weighted by molar-refractivity contribution is 0.00894. The normalized spacial score (nSPS) is 18.5. The van der Waals surface area contributed by atoms with Crippen molar-refractivity contribution in [1.29, 1.82) is 0 Å². The first kappa shape index (κ1) is 12.1. The van der Waals surface area contributed by atoms with Crippen molar-refractivity contribution < 1.29 is 4.74 Å². The molecule has 1 rings (SSSR count). The second-order valence-electron chi connectivity index (χ2n) is 4.37. The molecule has 1 aliphatic carbocycles. The molecule has 0 aliphatic heterocycles. The highest BCUT2D eigenvalue weighted by Crippen LogP contribution is 2.38. The molecule has 1 nitrogen and oxygen atoms in total. The molecule has 15 heavy (non-hydrogen) atoms. The number of ether oxygens (including phenoxy) is 1. The Bertz CT molecular complexity index is 257. The molecule has 1 aliphatic rings. The molecule has 0 atom stereocenters. The van der Waals surface area contributed by atoms with Gasteiger partial charge >= 0.3 is 0 Å². The molecule has 0 aromatic carbocycles. The maximum absolute atomic E-state index is 6.02. The van der Waals surface area contributed by atoms with Gasteiger partial charge in [0.05, 0.1) is 0 Å². The smallest absolute Gasteiger partial charge is 0.115 e. The Morgan fingerprint density at radius 1 is 1.33 bits per heavy atom. The van der Waals surface area contributed by atoms with Crippen LogP contribution in [-0.2, 0) is 4.74 Å². The molecule has 0 amide bonds. The van der Waals surface area contributed by atoms with Gasteiger partial charge in [0.15, 0.2) is 0 Å². The van der Waals surface area contributed by atoms with Crippen molar-refractivity contribution in [2.24, 2.45) is 0 Å².